The number of nitrogens with zero attached hydrogens (tertiary/aromatic N) is 6. The number of nitrogens with one attached hydrogen (secondary N) is 1. The Morgan fingerprint density at radius 2 is 2.00 bits per heavy atom. The number of alkyl halides is 3. The first kappa shape index (κ1) is 26.6. The lowest BCUT2D eigenvalue weighted by molar-refractivity contribution is -0.153. The Labute approximate surface area is 214 Å². The van der Waals surface area contributed by atoms with Gasteiger partial charge in [-0.1, -0.05) is 11.6 Å². The number of H-pyrrole nitrogens is 1. The second-order valence-corrected chi connectivity index (χ2v) is 9.05. The minimum atomic E-state index is -4.47. The quantitative estimate of drug-likeness (QED) is 0.541. The predicted octanol–water partition coefficient (Wildman–Crippen LogP) is 2.63. The maximum absolute atomic E-state index is 13.9. The van der Waals surface area contributed by atoms with Crippen LogP contribution in [-0.4, -0.2) is 62.5 Å². The number of aromatic nitrogens is 5. The molecular weight excluding hydrogens is 515 g/mol. The van der Waals surface area contributed by atoms with Gasteiger partial charge in [-0.2, -0.15) is 18.2 Å². The summed E-state index contributed by atoms with van der Waals surface area (Å²) >= 11 is 5.96. The highest BCUT2D eigenvalue weighted by atomic mass is 35.5. The molecule has 37 heavy (non-hydrogen) atoms. The van der Waals surface area contributed by atoms with E-state index in [4.69, 9.17) is 16.3 Å². The fourth-order valence-electron chi connectivity index (χ4n) is 4.24. The molecule has 1 N–H and O–H groups in total. The van der Waals surface area contributed by atoms with Crippen molar-refractivity contribution in [2.45, 2.75) is 44.7 Å². The van der Waals surface area contributed by atoms with Crippen molar-refractivity contribution in [1.29, 1.82) is 0 Å². The lowest BCUT2D eigenvalue weighted by atomic mass is 10.1. The van der Waals surface area contributed by atoms with Gasteiger partial charge in [0.05, 0.1) is 30.6 Å². The predicted molar refractivity (Wildman–Crippen MR) is 131 cm³/mol. The number of pyridine rings is 1. The molecule has 0 bridgehead atoms. The monoisotopic (exact) mass is 539 g/mol. The molecule has 1 saturated heterocycles. The molecular formula is C23H25ClF3N7O3. The smallest absolute Gasteiger partial charge is 0.377 e. The highest BCUT2D eigenvalue weighted by Crippen LogP contribution is 2.35. The van der Waals surface area contributed by atoms with Gasteiger partial charge in [-0.15, -0.1) is 0 Å². The van der Waals surface area contributed by atoms with Crippen molar-refractivity contribution in [2.24, 2.45) is 0 Å². The van der Waals surface area contributed by atoms with Gasteiger partial charge in [0.2, 0.25) is 5.95 Å². The minimum Gasteiger partial charge on any atom is -0.377 e. The molecule has 198 valence electrons. The zero-order valence-corrected chi connectivity index (χ0v) is 20.6. The van der Waals surface area contributed by atoms with E-state index in [1.54, 1.807) is 6.07 Å². The van der Waals surface area contributed by atoms with E-state index >= 15 is 0 Å². The summed E-state index contributed by atoms with van der Waals surface area (Å²) in [5.41, 5.74) is 0.0168. The van der Waals surface area contributed by atoms with Gasteiger partial charge in [-0.25, -0.2) is 4.98 Å². The molecule has 5 rings (SSSR count). The second-order valence-electron chi connectivity index (χ2n) is 8.61. The number of halogens is 4. The van der Waals surface area contributed by atoms with E-state index < -0.39 is 12.2 Å². The molecule has 0 aliphatic carbocycles. The fraction of sp³-hybridized carbons (Fsp3) is 0.435. The molecule has 2 atom stereocenters. The summed E-state index contributed by atoms with van der Waals surface area (Å²) in [6.45, 7) is 3.20. The van der Waals surface area contributed by atoms with Crippen LogP contribution in [-0.2, 0) is 17.8 Å². The molecule has 0 saturated carbocycles. The summed E-state index contributed by atoms with van der Waals surface area (Å²) in [5, 5.41) is 0.328. The third kappa shape index (κ3) is 6.46. The van der Waals surface area contributed by atoms with Crippen molar-refractivity contribution in [2.75, 3.05) is 29.6 Å². The summed E-state index contributed by atoms with van der Waals surface area (Å²) in [4.78, 5) is 40.4. The Hall–Kier alpha value is -3.45. The molecule has 2 aliphatic heterocycles. The molecule has 0 spiro atoms. The summed E-state index contributed by atoms with van der Waals surface area (Å²) in [6, 6.07) is 2.51. The Bertz CT molecular complexity index is 1320. The van der Waals surface area contributed by atoms with Gasteiger partial charge in [0.15, 0.2) is 0 Å². The Morgan fingerprint density at radius 1 is 1.19 bits per heavy atom. The maximum Gasteiger partial charge on any atom is 0.408 e. The van der Waals surface area contributed by atoms with Gasteiger partial charge >= 0.3 is 6.18 Å². The van der Waals surface area contributed by atoms with Crippen LogP contribution in [0.2, 0.25) is 5.02 Å². The number of fused-ring (bicyclic) bond motifs is 1. The van der Waals surface area contributed by atoms with Crippen LogP contribution in [0.25, 0.3) is 0 Å². The van der Waals surface area contributed by atoms with Crippen molar-refractivity contribution in [3.8, 4) is 0 Å². The first-order valence-corrected chi connectivity index (χ1v) is 11.9. The van der Waals surface area contributed by atoms with E-state index in [-0.39, 0.29) is 42.6 Å². The van der Waals surface area contributed by atoms with Crippen LogP contribution < -0.4 is 20.9 Å². The summed E-state index contributed by atoms with van der Waals surface area (Å²) in [5.74, 6) is 0.365. The van der Waals surface area contributed by atoms with Crippen LogP contribution in [0.3, 0.4) is 0 Å². The molecule has 14 heteroatoms. The lowest BCUT2D eigenvalue weighted by Crippen LogP contribution is -2.52. The molecule has 0 aromatic carbocycles. The second kappa shape index (κ2) is 11.3. The van der Waals surface area contributed by atoms with Crippen LogP contribution in [0.15, 0.2) is 52.7 Å². The number of hydrogen-bond acceptors (Lipinski definition) is 8. The van der Waals surface area contributed by atoms with E-state index in [0.717, 1.165) is 4.90 Å². The van der Waals surface area contributed by atoms with Crippen molar-refractivity contribution < 1.29 is 17.9 Å². The molecule has 2 aliphatic rings. The molecule has 0 unspecified atom stereocenters. The van der Waals surface area contributed by atoms with Crippen molar-refractivity contribution in [1.82, 2.24) is 24.5 Å². The Balaban J connectivity index is 0.000000396. The van der Waals surface area contributed by atoms with Crippen molar-refractivity contribution in [3.05, 3.63) is 74.4 Å². The SMILES string of the molecule is C[C@@H]1COCCN1c1cc(=O)n2c(n1)N(Cc1cncc(Cl)c1)[C@H](C(F)(F)F)CC2.O=c1ccnc[nH]1. The average Bonchev–Trinajstić information content (AvgIpc) is 2.85. The molecule has 3 aromatic heterocycles. The standard InChI is InChI=1S/C19H21ClF3N5O2.C4H4N2O/c1-12-11-30-5-4-26(12)16-7-17(29)27-3-2-15(19(21,22)23)28(18(27)25-16)10-13-6-14(20)9-24-8-13;7-4-1-2-5-3-6-4/h6-9,12,15H,2-5,10-11H2,1H3;1-3H,(H,5,6,7)/t12-,15+;/m1./s1. The Morgan fingerprint density at radius 3 is 2.62 bits per heavy atom. The number of aromatic amines is 1. The highest BCUT2D eigenvalue weighted by molar-refractivity contribution is 6.30. The van der Waals surface area contributed by atoms with Crippen molar-refractivity contribution >= 4 is 23.4 Å². The van der Waals surface area contributed by atoms with Crippen LogP contribution in [0.1, 0.15) is 18.9 Å². The third-order valence-corrected chi connectivity index (χ3v) is 6.19. The number of ether oxygens (including phenoxy) is 1. The van der Waals surface area contributed by atoms with Gasteiger partial charge in [-0.3, -0.25) is 19.1 Å². The molecule has 0 radical (unpaired) electrons. The molecule has 1 fully saturated rings. The van der Waals surface area contributed by atoms with E-state index in [0.29, 0.717) is 36.2 Å². The van der Waals surface area contributed by atoms with Gasteiger partial charge < -0.3 is 19.5 Å². The molecule has 10 nitrogen and oxygen atoms in total. The average molecular weight is 540 g/mol. The number of hydrogen-bond donors (Lipinski definition) is 1. The zero-order valence-electron chi connectivity index (χ0n) is 19.9. The third-order valence-electron chi connectivity index (χ3n) is 5.98. The normalized spacial score (nSPS) is 19.6. The van der Waals surface area contributed by atoms with Crippen LogP contribution in [0.5, 0.6) is 0 Å². The van der Waals surface area contributed by atoms with Crippen molar-refractivity contribution in [3.63, 3.8) is 0 Å². The van der Waals surface area contributed by atoms with E-state index in [1.165, 1.54) is 41.6 Å². The van der Waals surface area contributed by atoms with Crippen LogP contribution in [0.4, 0.5) is 24.9 Å². The summed E-state index contributed by atoms with van der Waals surface area (Å²) in [6.07, 6.45) is 0.958. The molecule has 3 aromatic rings. The minimum absolute atomic E-state index is 0.00439. The fourth-order valence-corrected chi connectivity index (χ4v) is 4.43. The highest BCUT2D eigenvalue weighted by Gasteiger charge is 2.47. The molecule has 5 heterocycles. The number of anilines is 2. The zero-order chi connectivity index (χ0) is 26.6. The maximum atomic E-state index is 13.9. The number of rotatable bonds is 3. The Kier molecular flexibility index (Phi) is 8.13. The van der Waals surface area contributed by atoms with E-state index in [9.17, 15) is 22.8 Å². The summed E-state index contributed by atoms with van der Waals surface area (Å²) in [7, 11) is 0. The van der Waals surface area contributed by atoms with Crippen LogP contribution in [0, 0.1) is 0 Å². The largest absolute Gasteiger partial charge is 0.408 e. The van der Waals surface area contributed by atoms with Gasteiger partial charge in [0.25, 0.3) is 11.1 Å². The first-order chi connectivity index (χ1) is 17.6. The summed E-state index contributed by atoms with van der Waals surface area (Å²) < 4.78 is 48.3. The van der Waals surface area contributed by atoms with Crippen LogP contribution >= 0.6 is 11.6 Å². The van der Waals surface area contributed by atoms with Gasteiger partial charge in [0.1, 0.15) is 11.9 Å². The van der Waals surface area contributed by atoms with Gasteiger partial charge in [-0.05, 0) is 25.0 Å². The van der Waals surface area contributed by atoms with E-state index in [1.807, 2.05) is 11.8 Å². The molecule has 0 amide bonds. The number of morpholine rings is 1. The lowest BCUT2D eigenvalue weighted by Gasteiger charge is -2.40. The van der Waals surface area contributed by atoms with E-state index in [2.05, 4.69) is 19.9 Å². The first-order valence-electron chi connectivity index (χ1n) is 11.5. The topological polar surface area (TPSA) is 109 Å². The van der Waals surface area contributed by atoms with Gasteiger partial charge in [0, 0.05) is 50.4 Å².